The molecule has 0 aliphatic rings. The van der Waals surface area contributed by atoms with Gasteiger partial charge in [0.25, 0.3) is 5.91 Å². The highest BCUT2D eigenvalue weighted by molar-refractivity contribution is 5.99. The number of carbonyl (C=O) groups excluding carboxylic acids is 2. The number of primary amides is 1. The number of rotatable bonds is 4. The Morgan fingerprint density at radius 1 is 1.08 bits per heavy atom. The third-order valence-corrected chi connectivity index (χ3v) is 4.60. The number of aromatic amines is 1. The molecule has 0 bridgehead atoms. The van der Waals surface area contributed by atoms with Crippen LogP contribution in [0.4, 0.5) is 10.5 Å². The van der Waals surface area contributed by atoms with E-state index in [1.807, 2.05) is 51.1 Å². The van der Waals surface area contributed by atoms with Crippen LogP contribution < -0.4 is 16.4 Å². The summed E-state index contributed by atoms with van der Waals surface area (Å²) in [6.45, 7) is 5.98. The number of aryl methyl sites for hydroxylation is 2. The van der Waals surface area contributed by atoms with Gasteiger partial charge >= 0.3 is 6.03 Å². The van der Waals surface area contributed by atoms with Crippen molar-refractivity contribution in [3.05, 3.63) is 64.8 Å². The lowest BCUT2D eigenvalue weighted by molar-refractivity contribution is 0.0940. The summed E-state index contributed by atoms with van der Waals surface area (Å²) < 4.78 is 0. The highest BCUT2D eigenvalue weighted by atomic mass is 16.2. The zero-order valence-corrected chi connectivity index (χ0v) is 15.0. The number of aromatic nitrogens is 1. The molecule has 0 aliphatic carbocycles. The van der Waals surface area contributed by atoms with Gasteiger partial charge in [-0.3, -0.25) is 4.79 Å². The van der Waals surface area contributed by atoms with Crippen LogP contribution in [0.5, 0.6) is 0 Å². The molecule has 5 N–H and O–H groups in total. The Bertz CT molecular complexity index is 973. The molecule has 0 saturated carbocycles. The van der Waals surface area contributed by atoms with Gasteiger partial charge in [-0.25, -0.2) is 4.79 Å². The van der Waals surface area contributed by atoms with Gasteiger partial charge in [0, 0.05) is 27.8 Å². The van der Waals surface area contributed by atoms with Crippen molar-refractivity contribution in [3.63, 3.8) is 0 Å². The van der Waals surface area contributed by atoms with Crippen LogP contribution in [0.2, 0.25) is 0 Å². The van der Waals surface area contributed by atoms with E-state index < -0.39 is 6.03 Å². The monoisotopic (exact) mass is 350 g/mol. The fourth-order valence-electron chi connectivity index (χ4n) is 2.96. The summed E-state index contributed by atoms with van der Waals surface area (Å²) in [4.78, 5) is 26.8. The van der Waals surface area contributed by atoms with E-state index in [0.717, 1.165) is 27.7 Å². The minimum absolute atomic E-state index is 0.128. The van der Waals surface area contributed by atoms with Crippen LogP contribution >= 0.6 is 0 Å². The molecule has 3 amide bonds. The van der Waals surface area contributed by atoms with Gasteiger partial charge in [-0.2, -0.15) is 0 Å². The molecule has 134 valence electrons. The first-order valence-corrected chi connectivity index (χ1v) is 8.41. The average molecular weight is 350 g/mol. The zero-order valence-electron chi connectivity index (χ0n) is 15.0. The number of benzene rings is 2. The molecule has 0 spiro atoms. The first-order chi connectivity index (χ1) is 12.3. The third kappa shape index (κ3) is 3.54. The molecule has 1 atom stereocenters. The topological polar surface area (TPSA) is 100 Å². The summed E-state index contributed by atoms with van der Waals surface area (Å²) in [6, 6.07) is 12.1. The minimum Gasteiger partial charge on any atom is -0.358 e. The van der Waals surface area contributed by atoms with Crippen molar-refractivity contribution in [2.45, 2.75) is 26.8 Å². The molecule has 6 nitrogen and oxygen atoms in total. The molecule has 1 unspecified atom stereocenters. The van der Waals surface area contributed by atoms with Crippen molar-refractivity contribution in [3.8, 4) is 0 Å². The lowest BCUT2D eigenvalue weighted by atomic mass is 10.1. The van der Waals surface area contributed by atoms with E-state index in [1.54, 1.807) is 12.1 Å². The first kappa shape index (κ1) is 17.5. The molecular formula is C20H22N4O2. The Kier molecular flexibility index (Phi) is 4.67. The van der Waals surface area contributed by atoms with Crippen molar-refractivity contribution in [2.24, 2.45) is 5.73 Å². The Labute approximate surface area is 151 Å². The van der Waals surface area contributed by atoms with Crippen LogP contribution in [-0.4, -0.2) is 16.9 Å². The zero-order chi connectivity index (χ0) is 18.8. The van der Waals surface area contributed by atoms with Gasteiger partial charge in [-0.15, -0.1) is 0 Å². The maximum absolute atomic E-state index is 12.6. The van der Waals surface area contributed by atoms with Crippen LogP contribution in [0.15, 0.2) is 42.5 Å². The van der Waals surface area contributed by atoms with Crippen LogP contribution in [0.1, 0.15) is 40.1 Å². The summed E-state index contributed by atoms with van der Waals surface area (Å²) in [6.07, 6.45) is 0. The van der Waals surface area contributed by atoms with Crippen LogP contribution in [-0.2, 0) is 0 Å². The Balaban J connectivity index is 1.74. The van der Waals surface area contributed by atoms with E-state index in [4.69, 9.17) is 5.73 Å². The molecule has 26 heavy (non-hydrogen) atoms. The average Bonchev–Trinajstić information content (AvgIpc) is 2.89. The molecular weight excluding hydrogens is 328 g/mol. The molecule has 3 aromatic rings. The summed E-state index contributed by atoms with van der Waals surface area (Å²) in [5.41, 5.74) is 10.6. The molecule has 3 rings (SSSR count). The second-order valence-corrected chi connectivity index (χ2v) is 6.44. The Morgan fingerprint density at radius 2 is 1.77 bits per heavy atom. The summed E-state index contributed by atoms with van der Waals surface area (Å²) in [5, 5.41) is 6.57. The van der Waals surface area contributed by atoms with Gasteiger partial charge in [0.2, 0.25) is 0 Å². The predicted octanol–water partition coefficient (Wildman–Crippen LogP) is 3.77. The number of fused-ring (bicyclic) bond motifs is 1. The van der Waals surface area contributed by atoms with Crippen LogP contribution in [0, 0.1) is 13.8 Å². The number of hydrogen-bond donors (Lipinski definition) is 4. The van der Waals surface area contributed by atoms with E-state index >= 15 is 0 Å². The number of anilines is 1. The van der Waals surface area contributed by atoms with Gasteiger partial charge in [-0.1, -0.05) is 12.1 Å². The van der Waals surface area contributed by atoms with E-state index in [9.17, 15) is 9.59 Å². The predicted molar refractivity (Wildman–Crippen MR) is 103 cm³/mol. The summed E-state index contributed by atoms with van der Waals surface area (Å²) in [7, 11) is 0. The summed E-state index contributed by atoms with van der Waals surface area (Å²) in [5.74, 6) is -0.128. The summed E-state index contributed by atoms with van der Waals surface area (Å²) >= 11 is 0. The standard InChI is InChI=1S/C20H22N4O2/c1-11-12(2)22-18-9-6-15(10-17(11)18)19(25)23-13(3)14-4-7-16(8-5-14)24-20(21)26/h4-10,13,22H,1-3H3,(H,23,25)(H3,21,24,26). The second kappa shape index (κ2) is 6.92. The molecule has 0 saturated heterocycles. The van der Waals surface area contributed by atoms with E-state index in [1.165, 1.54) is 0 Å². The molecule has 0 aliphatic heterocycles. The lowest BCUT2D eigenvalue weighted by Crippen LogP contribution is -2.26. The fourth-order valence-corrected chi connectivity index (χ4v) is 2.96. The molecule has 0 fully saturated rings. The van der Waals surface area contributed by atoms with Gasteiger partial charge in [0.05, 0.1) is 6.04 Å². The number of hydrogen-bond acceptors (Lipinski definition) is 2. The Hall–Kier alpha value is -3.28. The van der Waals surface area contributed by atoms with Crippen molar-refractivity contribution in [2.75, 3.05) is 5.32 Å². The smallest absolute Gasteiger partial charge is 0.316 e. The number of amides is 3. The largest absolute Gasteiger partial charge is 0.358 e. The van der Waals surface area contributed by atoms with Crippen molar-refractivity contribution in [1.29, 1.82) is 0 Å². The van der Waals surface area contributed by atoms with Gasteiger partial charge < -0.3 is 21.4 Å². The van der Waals surface area contributed by atoms with Gasteiger partial charge in [0.15, 0.2) is 0 Å². The molecule has 1 aromatic heterocycles. The number of urea groups is 1. The number of carbonyl (C=O) groups is 2. The fraction of sp³-hybridized carbons (Fsp3) is 0.200. The minimum atomic E-state index is -0.607. The molecule has 0 radical (unpaired) electrons. The highest BCUT2D eigenvalue weighted by Crippen LogP contribution is 2.23. The second-order valence-electron chi connectivity index (χ2n) is 6.44. The quantitative estimate of drug-likeness (QED) is 0.576. The van der Waals surface area contributed by atoms with Crippen LogP contribution in [0.25, 0.3) is 10.9 Å². The number of nitrogens with one attached hydrogen (secondary N) is 3. The first-order valence-electron chi connectivity index (χ1n) is 8.41. The SMILES string of the molecule is Cc1[nH]c2ccc(C(=O)NC(C)c3ccc(NC(N)=O)cc3)cc2c1C. The maximum atomic E-state index is 12.6. The normalized spacial score (nSPS) is 12.0. The van der Waals surface area contributed by atoms with Crippen molar-refractivity contribution in [1.82, 2.24) is 10.3 Å². The number of nitrogens with two attached hydrogens (primary N) is 1. The molecule has 2 aromatic carbocycles. The van der Waals surface area contributed by atoms with E-state index in [2.05, 4.69) is 15.6 Å². The maximum Gasteiger partial charge on any atom is 0.316 e. The van der Waals surface area contributed by atoms with Gasteiger partial charge in [-0.05, 0) is 62.2 Å². The van der Waals surface area contributed by atoms with Crippen LogP contribution in [0.3, 0.4) is 0 Å². The molecule has 6 heteroatoms. The van der Waals surface area contributed by atoms with E-state index in [-0.39, 0.29) is 11.9 Å². The third-order valence-electron chi connectivity index (χ3n) is 4.60. The lowest BCUT2D eigenvalue weighted by Gasteiger charge is -2.15. The van der Waals surface area contributed by atoms with Crippen molar-refractivity contribution < 1.29 is 9.59 Å². The Morgan fingerprint density at radius 3 is 2.42 bits per heavy atom. The highest BCUT2D eigenvalue weighted by Gasteiger charge is 2.13. The van der Waals surface area contributed by atoms with E-state index in [0.29, 0.717) is 11.3 Å². The van der Waals surface area contributed by atoms with Gasteiger partial charge in [0.1, 0.15) is 0 Å². The molecule has 1 heterocycles. The number of H-pyrrole nitrogens is 1. The van der Waals surface area contributed by atoms with Crippen molar-refractivity contribution >= 4 is 28.5 Å².